The summed E-state index contributed by atoms with van der Waals surface area (Å²) in [7, 11) is 0. The fraction of sp³-hybridized carbons (Fsp3) is 0. The summed E-state index contributed by atoms with van der Waals surface area (Å²) >= 11 is 5.98. The number of halogens is 1. The van der Waals surface area contributed by atoms with Gasteiger partial charge in [-0.15, -0.1) is 0 Å². The minimum absolute atomic E-state index is 0.409. The summed E-state index contributed by atoms with van der Waals surface area (Å²) in [5.41, 5.74) is 3.28. The zero-order valence-corrected chi connectivity index (χ0v) is 12.5. The van der Waals surface area contributed by atoms with Crippen molar-refractivity contribution in [1.29, 1.82) is 0 Å². The van der Waals surface area contributed by atoms with Gasteiger partial charge in [0.25, 0.3) is 5.89 Å². The number of hydrogen-bond acceptors (Lipinski definition) is 5. The molecule has 0 radical (unpaired) electrons. The number of rotatable bonds is 3. The lowest BCUT2D eigenvalue weighted by Gasteiger charge is -1.97. The van der Waals surface area contributed by atoms with Crippen LogP contribution >= 0.6 is 11.6 Å². The molecule has 0 saturated carbocycles. The van der Waals surface area contributed by atoms with Gasteiger partial charge in [0.15, 0.2) is 0 Å². The second kappa shape index (κ2) is 5.66. The van der Waals surface area contributed by atoms with Crippen LogP contribution in [0.2, 0.25) is 5.02 Å². The van der Waals surface area contributed by atoms with Crippen molar-refractivity contribution in [3.05, 3.63) is 60.0 Å². The Bertz CT molecular complexity index is 931. The zero-order chi connectivity index (χ0) is 15.6. The number of H-pyrrole nitrogens is 1. The van der Waals surface area contributed by atoms with Crippen LogP contribution in [-0.2, 0) is 0 Å². The van der Waals surface area contributed by atoms with E-state index in [1.54, 1.807) is 30.7 Å². The van der Waals surface area contributed by atoms with Crippen LogP contribution < -0.4 is 0 Å². The number of benzene rings is 1. The predicted octanol–water partition coefficient (Wildman–Crippen LogP) is 3.84. The number of nitrogens with one attached hydrogen (secondary N) is 1. The lowest BCUT2D eigenvalue weighted by atomic mass is 10.2. The highest BCUT2D eigenvalue weighted by Crippen LogP contribution is 2.25. The van der Waals surface area contributed by atoms with Crippen LogP contribution in [0.3, 0.4) is 0 Å². The van der Waals surface area contributed by atoms with Gasteiger partial charge in [-0.2, -0.15) is 10.1 Å². The summed E-state index contributed by atoms with van der Waals surface area (Å²) in [6.07, 6.45) is 5.19. The minimum Gasteiger partial charge on any atom is -0.334 e. The first kappa shape index (κ1) is 13.7. The third kappa shape index (κ3) is 2.72. The summed E-state index contributed by atoms with van der Waals surface area (Å²) in [6, 6.07) is 11.1. The molecule has 23 heavy (non-hydrogen) atoms. The Labute approximate surface area is 136 Å². The number of pyridine rings is 1. The molecular formula is C16H10ClN5O. The van der Waals surface area contributed by atoms with Crippen LogP contribution in [0.5, 0.6) is 0 Å². The van der Waals surface area contributed by atoms with Crippen LogP contribution in [0.15, 0.2) is 59.5 Å². The fourth-order valence-corrected chi connectivity index (χ4v) is 2.36. The number of aromatic amines is 1. The van der Waals surface area contributed by atoms with E-state index < -0.39 is 0 Å². The molecule has 1 N–H and O–H groups in total. The van der Waals surface area contributed by atoms with E-state index in [4.69, 9.17) is 16.1 Å². The maximum absolute atomic E-state index is 5.98. The smallest absolute Gasteiger partial charge is 0.259 e. The Morgan fingerprint density at radius 1 is 1.00 bits per heavy atom. The molecule has 0 fully saturated rings. The molecule has 7 heteroatoms. The second-order valence-corrected chi connectivity index (χ2v) is 5.29. The molecule has 3 heterocycles. The van der Waals surface area contributed by atoms with E-state index in [2.05, 4.69) is 25.3 Å². The number of aromatic nitrogens is 5. The predicted molar refractivity (Wildman–Crippen MR) is 85.6 cm³/mol. The van der Waals surface area contributed by atoms with Crippen molar-refractivity contribution in [1.82, 2.24) is 25.3 Å². The molecular weight excluding hydrogens is 314 g/mol. The molecule has 4 aromatic rings. The molecule has 0 unspecified atom stereocenters. The van der Waals surface area contributed by atoms with Crippen molar-refractivity contribution >= 4 is 11.6 Å². The quantitative estimate of drug-likeness (QED) is 0.619. The van der Waals surface area contributed by atoms with Crippen LogP contribution in [0.4, 0.5) is 0 Å². The van der Waals surface area contributed by atoms with E-state index in [-0.39, 0.29) is 0 Å². The van der Waals surface area contributed by atoms with Crippen LogP contribution in [0.1, 0.15) is 0 Å². The monoisotopic (exact) mass is 323 g/mol. The van der Waals surface area contributed by atoms with E-state index >= 15 is 0 Å². The zero-order valence-electron chi connectivity index (χ0n) is 11.8. The first-order valence-electron chi connectivity index (χ1n) is 6.85. The summed E-state index contributed by atoms with van der Waals surface area (Å²) < 4.78 is 5.31. The first-order valence-corrected chi connectivity index (χ1v) is 7.22. The molecule has 0 aliphatic carbocycles. The van der Waals surface area contributed by atoms with Crippen molar-refractivity contribution in [2.45, 2.75) is 0 Å². The molecule has 4 rings (SSSR count). The van der Waals surface area contributed by atoms with E-state index in [0.29, 0.717) is 16.7 Å². The lowest BCUT2D eigenvalue weighted by molar-refractivity contribution is 0.432. The van der Waals surface area contributed by atoms with E-state index in [1.165, 1.54) is 0 Å². The van der Waals surface area contributed by atoms with Crippen molar-refractivity contribution < 1.29 is 4.52 Å². The fourth-order valence-electron chi connectivity index (χ4n) is 2.17. The summed E-state index contributed by atoms with van der Waals surface area (Å²) in [6.45, 7) is 0. The van der Waals surface area contributed by atoms with Crippen molar-refractivity contribution in [2.24, 2.45) is 0 Å². The highest BCUT2D eigenvalue weighted by Gasteiger charge is 2.11. The van der Waals surface area contributed by atoms with Gasteiger partial charge >= 0.3 is 0 Å². The molecule has 1 aromatic carbocycles. The molecule has 0 atom stereocenters. The van der Waals surface area contributed by atoms with E-state index in [0.717, 1.165) is 22.4 Å². The molecule has 0 aliphatic rings. The SMILES string of the molecule is Clc1cccc(-c2noc(-c3ccc(-c4cn[nH]c4)nc3)n2)c1. The van der Waals surface area contributed by atoms with E-state index in [1.807, 2.05) is 24.3 Å². The Balaban J connectivity index is 1.64. The van der Waals surface area contributed by atoms with Gasteiger partial charge in [-0.3, -0.25) is 10.1 Å². The normalized spacial score (nSPS) is 10.8. The van der Waals surface area contributed by atoms with Crippen LogP contribution in [0, 0.1) is 0 Å². The average Bonchev–Trinajstić information content (AvgIpc) is 3.27. The van der Waals surface area contributed by atoms with Crippen LogP contribution in [-0.4, -0.2) is 25.3 Å². The second-order valence-electron chi connectivity index (χ2n) is 4.85. The van der Waals surface area contributed by atoms with Crippen molar-refractivity contribution in [3.63, 3.8) is 0 Å². The maximum Gasteiger partial charge on any atom is 0.259 e. The third-order valence-corrected chi connectivity index (χ3v) is 3.55. The van der Waals surface area contributed by atoms with E-state index in [9.17, 15) is 0 Å². The lowest BCUT2D eigenvalue weighted by Crippen LogP contribution is -1.84. The minimum atomic E-state index is 0.409. The van der Waals surface area contributed by atoms with Gasteiger partial charge in [-0.05, 0) is 24.3 Å². The Hall–Kier alpha value is -2.99. The van der Waals surface area contributed by atoms with Gasteiger partial charge < -0.3 is 4.52 Å². The molecule has 0 bridgehead atoms. The molecule has 6 nitrogen and oxygen atoms in total. The Morgan fingerprint density at radius 3 is 2.70 bits per heavy atom. The largest absolute Gasteiger partial charge is 0.334 e. The average molecular weight is 324 g/mol. The molecule has 112 valence electrons. The molecule has 0 spiro atoms. The van der Waals surface area contributed by atoms with Crippen LogP contribution in [0.25, 0.3) is 34.1 Å². The molecule has 3 aromatic heterocycles. The van der Waals surface area contributed by atoms with Gasteiger partial charge in [-0.1, -0.05) is 28.9 Å². The topological polar surface area (TPSA) is 80.5 Å². The Morgan fingerprint density at radius 2 is 1.96 bits per heavy atom. The number of hydrogen-bond donors (Lipinski definition) is 1. The van der Waals surface area contributed by atoms with Crippen molar-refractivity contribution in [3.8, 4) is 34.1 Å². The molecule has 0 saturated heterocycles. The van der Waals surface area contributed by atoms with Gasteiger partial charge in [0, 0.05) is 28.5 Å². The standard InChI is InChI=1S/C16H10ClN5O/c17-13-3-1-2-10(6-13)15-21-16(23-22-15)11-4-5-14(18-7-11)12-8-19-20-9-12/h1-9H,(H,19,20). The highest BCUT2D eigenvalue weighted by atomic mass is 35.5. The number of nitrogens with zero attached hydrogens (tertiary/aromatic N) is 4. The van der Waals surface area contributed by atoms with Gasteiger partial charge in [-0.25, -0.2) is 0 Å². The van der Waals surface area contributed by atoms with Crippen molar-refractivity contribution in [2.75, 3.05) is 0 Å². The highest BCUT2D eigenvalue weighted by molar-refractivity contribution is 6.30. The van der Waals surface area contributed by atoms with Gasteiger partial charge in [0.1, 0.15) is 0 Å². The molecule has 0 aliphatic heterocycles. The van der Waals surface area contributed by atoms with Gasteiger partial charge in [0.2, 0.25) is 5.82 Å². The Kier molecular flexibility index (Phi) is 3.36. The van der Waals surface area contributed by atoms with Gasteiger partial charge in [0.05, 0.1) is 17.5 Å². The molecule has 0 amide bonds. The summed E-state index contributed by atoms with van der Waals surface area (Å²) in [4.78, 5) is 8.77. The summed E-state index contributed by atoms with van der Waals surface area (Å²) in [5, 5.41) is 11.3. The first-order chi connectivity index (χ1) is 11.3. The maximum atomic E-state index is 5.98. The third-order valence-electron chi connectivity index (χ3n) is 3.31. The summed E-state index contributed by atoms with van der Waals surface area (Å²) in [5.74, 6) is 0.896.